The van der Waals surface area contributed by atoms with Crippen LogP contribution in [0, 0.1) is 13.8 Å². The predicted octanol–water partition coefficient (Wildman–Crippen LogP) is 0.175. The van der Waals surface area contributed by atoms with Gasteiger partial charge in [0.1, 0.15) is 5.69 Å². The molecule has 9 heteroatoms. The molecule has 130 valence electrons. The number of hydrogen-bond donors (Lipinski definition) is 1. The molecule has 2 aromatic rings. The van der Waals surface area contributed by atoms with Crippen LogP contribution in [0.3, 0.4) is 0 Å². The van der Waals surface area contributed by atoms with Crippen LogP contribution in [-0.4, -0.2) is 68.9 Å². The van der Waals surface area contributed by atoms with Crippen molar-refractivity contribution >= 4 is 5.91 Å². The zero-order valence-corrected chi connectivity index (χ0v) is 14.3. The van der Waals surface area contributed by atoms with Gasteiger partial charge in [-0.1, -0.05) is 0 Å². The minimum atomic E-state index is -0.0964. The highest BCUT2D eigenvalue weighted by atomic mass is 16.5. The smallest absolute Gasteiger partial charge is 0.260 e. The molecule has 3 heterocycles. The molecule has 2 atom stereocenters. The molecule has 0 aromatic carbocycles. The van der Waals surface area contributed by atoms with E-state index >= 15 is 0 Å². The van der Waals surface area contributed by atoms with Gasteiger partial charge in [0.05, 0.1) is 29.6 Å². The van der Waals surface area contributed by atoms with Gasteiger partial charge in [-0.25, -0.2) is 0 Å². The van der Waals surface area contributed by atoms with E-state index in [1.54, 1.807) is 22.9 Å². The maximum absolute atomic E-state index is 12.5. The number of ether oxygens (including phenoxy) is 2. The Balaban J connectivity index is 1.63. The summed E-state index contributed by atoms with van der Waals surface area (Å²) in [6.45, 7) is 4.82. The van der Waals surface area contributed by atoms with E-state index < -0.39 is 0 Å². The summed E-state index contributed by atoms with van der Waals surface area (Å²) in [5, 5.41) is 14.8. The van der Waals surface area contributed by atoms with Gasteiger partial charge in [-0.2, -0.15) is 20.5 Å². The standard InChI is InChI=1S/C15H22N6O3/c1-9-15(10(2)20(3)18-9)24-8-14(22)21-6-11(13(7-21)23-4)12-5-16-19-17-12/h5,11,13H,6-8H2,1-4H3,(H,16,17,19)/t11-,13+/m0/s1. The molecule has 1 saturated heterocycles. The molecule has 0 saturated carbocycles. The normalized spacial score (nSPS) is 20.6. The van der Waals surface area contributed by atoms with Crippen LogP contribution < -0.4 is 4.74 Å². The number of aryl methyl sites for hydroxylation is 2. The number of likely N-dealkylation sites (tertiary alicyclic amines) is 1. The molecule has 0 spiro atoms. The van der Waals surface area contributed by atoms with Gasteiger partial charge in [-0.3, -0.25) is 9.48 Å². The van der Waals surface area contributed by atoms with Crippen molar-refractivity contribution in [2.75, 3.05) is 26.8 Å². The van der Waals surface area contributed by atoms with Gasteiger partial charge in [-0.15, -0.1) is 0 Å². The number of methoxy groups -OCH3 is 1. The predicted molar refractivity (Wildman–Crippen MR) is 84.7 cm³/mol. The molecule has 3 rings (SSSR count). The van der Waals surface area contributed by atoms with E-state index in [1.165, 1.54) is 0 Å². The SMILES string of the molecule is CO[C@@H]1CN(C(=O)COc2c(C)nn(C)c2C)C[C@H]1c1cn[nH]n1. The average Bonchev–Trinajstić information content (AvgIpc) is 3.26. The largest absolute Gasteiger partial charge is 0.480 e. The minimum absolute atomic E-state index is 0.0135. The Labute approximate surface area is 139 Å². The number of H-pyrrole nitrogens is 1. The third kappa shape index (κ3) is 2.99. The summed E-state index contributed by atoms with van der Waals surface area (Å²) in [6.07, 6.45) is 1.57. The Morgan fingerprint density at radius 3 is 2.79 bits per heavy atom. The molecule has 1 aliphatic rings. The zero-order valence-electron chi connectivity index (χ0n) is 14.3. The molecule has 1 aliphatic heterocycles. The molecule has 1 fully saturated rings. The van der Waals surface area contributed by atoms with E-state index in [1.807, 2.05) is 20.9 Å². The Morgan fingerprint density at radius 2 is 2.21 bits per heavy atom. The monoisotopic (exact) mass is 334 g/mol. The van der Waals surface area contributed by atoms with E-state index in [9.17, 15) is 4.79 Å². The van der Waals surface area contributed by atoms with Crippen molar-refractivity contribution in [3.63, 3.8) is 0 Å². The van der Waals surface area contributed by atoms with Gasteiger partial charge in [0.25, 0.3) is 5.91 Å². The summed E-state index contributed by atoms with van der Waals surface area (Å²) in [4.78, 5) is 14.2. The van der Waals surface area contributed by atoms with Gasteiger partial charge in [0.15, 0.2) is 12.4 Å². The van der Waals surface area contributed by atoms with Gasteiger partial charge < -0.3 is 14.4 Å². The van der Waals surface area contributed by atoms with Crippen molar-refractivity contribution in [3.05, 3.63) is 23.3 Å². The summed E-state index contributed by atoms with van der Waals surface area (Å²) < 4.78 is 13.0. The van der Waals surface area contributed by atoms with Crippen LogP contribution in [0.25, 0.3) is 0 Å². The van der Waals surface area contributed by atoms with Crippen LogP contribution in [0.5, 0.6) is 5.75 Å². The number of rotatable bonds is 5. The lowest BCUT2D eigenvalue weighted by molar-refractivity contribution is -0.132. The Hall–Kier alpha value is -2.42. The van der Waals surface area contributed by atoms with Crippen LogP contribution in [-0.2, 0) is 16.6 Å². The molecule has 24 heavy (non-hydrogen) atoms. The first kappa shape index (κ1) is 16.4. The van der Waals surface area contributed by atoms with Gasteiger partial charge in [0.2, 0.25) is 0 Å². The lowest BCUT2D eigenvalue weighted by atomic mass is 10.0. The van der Waals surface area contributed by atoms with Crippen molar-refractivity contribution in [1.82, 2.24) is 30.1 Å². The summed E-state index contributed by atoms with van der Waals surface area (Å²) in [5.41, 5.74) is 2.48. The first-order chi connectivity index (χ1) is 11.5. The van der Waals surface area contributed by atoms with E-state index in [0.717, 1.165) is 17.1 Å². The first-order valence-electron chi connectivity index (χ1n) is 7.80. The molecule has 0 unspecified atom stereocenters. The maximum atomic E-state index is 12.5. The number of aromatic amines is 1. The number of hydrogen-bond acceptors (Lipinski definition) is 6. The fourth-order valence-electron chi connectivity index (χ4n) is 3.08. The Bertz CT molecular complexity index is 711. The van der Waals surface area contributed by atoms with Gasteiger partial charge in [0, 0.05) is 27.2 Å². The lowest BCUT2D eigenvalue weighted by Crippen LogP contribution is -2.34. The van der Waals surface area contributed by atoms with Gasteiger partial charge >= 0.3 is 0 Å². The summed E-state index contributed by atoms with van der Waals surface area (Å²) in [7, 11) is 3.49. The van der Waals surface area contributed by atoms with Crippen LogP contribution in [0.1, 0.15) is 23.0 Å². The molecular weight excluding hydrogens is 312 g/mol. The third-order valence-electron chi connectivity index (χ3n) is 4.52. The third-order valence-corrected chi connectivity index (χ3v) is 4.52. The molecular formula is C15H22N6O3. The fourth-order valence-corrected chi connectivity index (χ4v) is 3.08. The summed E-state index contributed by atoms with van der Waals surface area (Å²) >= 11 is 0. The van der Waals surface area contributed by atoms with Crippen LogP contribution >= 0.6 is 0 Å². The number of carbonyl (C=O) groups is 1. The number of nitrogens with one attached hydrogen (secondary N) is 1. The second-order valence-electron chi connectivity index (χ2n) is 5.99. The van der Waals surface area contributed by atoms with Crippen molar-refractivity contribution in [3.8, 4) is 5.75 Å². The number of nitrogens with zero attached hydrogens (tertiary/aromatic N) is 5. The Kier molecular flexibility index (Phi) is 4.52. The van der Waals surface area contributed by atoms with Crippen LogP contribution in [0.4, 0.5) is 0 Å². The molecule has 0 aliphatic carbocycles. The second kappa shape index (κ2) is 6.60. The topological polar surface area (TPSA) is 98.2 Å². The number of amides is 1. The van der Waals surface area contributed by atoms with Crippen LogP contribution in [0.2, 0.25) is 0 Å². The maximum Gasteiger partial charge on any atom is 0.260 e. The first-order valence-corrected chi connectivity index (χ1v) is 7.80. The highest BCUT2D eigenvalue weighted by molar-refractivity contribution is 5.78. The highest BCUT2D eigenvalue weighted by Gasteiger charge is 2.37. The lowest BCUT2D eigenvalue weighted by Gasteiger charge is -2.16. The number of aromatic nitrogens is 5. The molecule has 0 radical (unpaired) electrons. The van der Waals surface area contributed by atoms with E-state index in [0.29, 0.717) is 18.8 Å². The van der Waals surface area contributed by atoms with Gasteiger partial charge in [-0.05, 0) is 13.8 Å². The minimum Gasteiger partial charge on any atom is -0.480 e. The highest BCUT2D eigenvalue weighted by Crippen LogP contribution is 2.28. The fraction of sp³-hybridized carbons (Fsp3) is 0.600. The summed E-state index contributed by atoms with van der Waals surface area (Å²) in [6, 6.07) is 0. The Morgan fingerprint density at radius 1 is 1.42 bits per heavy atom. The van der Waals surface area contributed by atoms with Crippen molar-refractivity contribution < 1.29 is 14.3 Å². The molecule has 1 N–H and O–H groups in total. The van der Waals surface area contributed by atoms with Crippen molar-refractivity contribution in [2.45, 2.75) is 25.9 Å². The van der Waals surface area contributed by atoms with Crippen molar-refractivity contribution in [1.29, 1.82) is 0 Å². The zero-order chi connectivity index (χ0) is 17.3. The van der Waals surface area contributed by atoms with E-state index in [-0.39, 0.29) is 24.5 Å². The van der Waals surface area contributed by atoms with Crippen LogP contribution in [0.15, 0.2) is 6.20 Å². The average molecular weight is 334 g/mol. The molecule has 9 nitrogen and oxygen atoms in total. The molecule has 1 amide bonds. The second-order valence-corrected chi connectivity index (χ2v) is 5.99. The van der Waals surface area contributed by atoms with E-state index in [4.69, 9.17) is 9.47 Å². The van der Waals surface area contributed by atoms with E-state index in [2.05, 4.69) is 20.5 Å². The quantitative estimate of drug-likeness (QED) is 0.837. The molecule has 2 aromatic heterocycles. The molecule has 0 bridgehead atoms. The summed E-state index contributed by atoms with van der Waals surface area (Å²) in [5.74, 6) is 0.603. The number of carbonyl (C=O) groups excluding carboxylic acids is 1. The van der Waals surface area contributed by atoms with Crippen molar-refractivity contribution in [2.24, 2.45) is 7.05 Å².